The first-order chi connectivity index (χ1) is 14.2. The van der Waals surface area contributed by atoms with E-state index >= 15 is 0 Å². The Morgan fingerprint density at radius 3 is 3.03 bits per heavy atom. The number of aromatic nitrogens is 2. The van der Waals surface area contributed by atoms with Crippen molar-refractivity contribution in [2.24, 2.45) is 0 Å². The molecule has 1 aliphatic rings. The molecule has 3 aromatic heterocycles. The van der Waals surface area contributed by atoms with Crippen LogP contribution in [0, 0.1) is 0 Å². The van der Waals surface area contributed by atoms with Gasteiger partial charge in [-0.15, -0.1) is 0 Å². The van der Waals surface area contributed by atoms with Gasteiger partial charge in [-0.2, -0.15) is 0 Å². The second kappa shape index (κ2) is 7.44. The first-order valence-electron chi connectivity index (χ1n) is 9.73. The van der Waals surface area contributed by atoms with Gasteiger partial charge in [0.15, 0.2) is 6.61 Å². The number of benzene rings is 1. The zero-order valence-corrected chi connectivity index (χ0v) is 16.5. The van der Waals surface area contributed by atoms with Crippen LogP contribution in [0.15, 0.2) is 47.1 Å². The van der Waals surface area contributed by atoms with Gasteiger partial charge in [0.2, 0.25) is 0 Å². The van der Waals surface area contributed by atoms with Crippen molar-refractivity contribution in [1.29, 1.82) is 0 Å². The maximum absolute atomic E-state index is 12.2. The summed E-state index contributed by atoms with van der Waals surface area (Å²) in [4.78, 5) is 16.6. The summed E-state index contributed by atoms with van der Waals surface area (Å²) in [6.45, 7) is 0.278. The van der Waals surface area contributed by atoms with Crippen LogP contribution in [-0.2, 0) is 24.2 Å². The fourth-order valence-corrected chi connectivity index (χ4v) is 3.99. The lowest BCUT2D eigenvalue weighted by Gasteiger charge is -2.09. The Morgan fingerprint density at radius 1 is 1.21 bits per heavy atom. The van der Waals surface area contributed by atoms with Crippen molar-refractivity contribution < 1.29 is 13.9 Å². The van der Waals surface area contributed by atoms with Crippen LogP contribution in [0.3, 0.4) is 0 Å². The van der Waals surface area contributed by atoms with Gasteiger partial charge < -0.3 is 18.9 Å². The Hall–Kier alpha value is -2.99. The molecule has 4 aromatic rings. The normalized spacial score (nSPS) is 13.6. The number of amides is 1. The first kappa shape index (κ1) is 18.1. The molecule has 0 unspecified atom stereocenters. The number of pyridine rings is 1. The molecule has 0 radical (unpaired) electrons. The zero-order chi connectivity index (χ0) is 19.8. The van der Waals surface area contributed by atoms with E-state index in [1.165, 1.54) is 18.4 Å². The van der Waals surface area contributed by atoms with Crippen LogP contribution in [-0.4, -0.2) is 21.9 Å². The number of nitrogens with zero attached hydrogens (tertiary/aromatic N) is 2. The molecule has 148 valence electrons. The summed E-state index contributed by atoms with van der Waals surface area (Å²) in [5.41, 5.74) is 3.72. The Bertz CT molecular complexity index is 1210. The molecule has 0 saturated carbocycles. The Balaban J connectivity index is 1.21. The van der Waals surface area contributed by atoms with E-state index in [1.807, 2.05) is 34.9 Å². The smallest absolute Gasteiger partial charge is 0.258 e. The van der Waals surface area contributed by atoms with Crippen LogP contribution in [0.25, 0.3) is 16.6 Å². The number of halogens is 1. The standard InChI is InChI=1S/C22H20ClN3O3/c23-14-5-8-21-25-15(12-26(21)11-14)10-24-22(27)13-28-16-6-7-20-18(9-16)17-3-1-2-4-19(17)29-20/h5-9,11-12H,1-4,10,13H2,(H,24,27). The van der Waals surface area contributed by atoms with E-state index in [0.717, 1.165) is 40.9 Å². The number of carbonyl (C=O) groups excluding carboxylic acids is 1. The van der Waals surface area contributed by atoms with Gasteiger partial charge in [0.1, 0.15) is 22.7 Å². The quantitative estimate of drug-likeness (QED) is 0.533. The van der Waals surface area contributed by atoms with Gasteiger partial charge in [-0.25, -0.2) is 4.98 Å². The molecule has 0 bridgehead atoms. The highest BCUT2D eigenvalue weighted by Crippen LogP contribution is 2.33. The summed E-state index contributed by atoms with van der Waals surface area (Å²) in [6.07, 6.45) is 8.02. The third kappa shape index (κ3) is 3.68. The molecule has 3 heterocycles. The molecule has 1 aromatic carbocycles. The molecule has 0 aliphatic heterocycles. The van der Waals surface area contributed by atoms with E-state index in [1.54, 1.807) is 12.3 Å². The highest BCUT2D eigenvalue weighted by atomic mass is 35.5. The number of rotatable bonds is 5. The van der Waals surface area contributed by atoms with Crippen molar-refractivity contribution in [3.63, 3.8) is 0 Å². The van der Waals surface area contributed by atoms with Crippen LogP contribution in [0.2, 0.25) is 5.02 Å². The fraction of sp³-hybridized carbons (Fsp3) is 0.273. The molecule has 6 nitrogen and oxygen atoms in total. The highest BCUT2D eigenvalue weighted by Gasteiger charge is 2.18. The van der Waals surface area contributed by atoms with E-state index in [2.05, 4.69) is 10.3 Å². The third-order valence-corrected chi connectivity index (χ3v) is 5.45. The van der Waals surface area contributed by atoms with Gasteiger partial charge in [-0.05, 0) is 49.6 Å². The molecule has 5 rings (SSSR count). The third-order valence-electron chi connectivity index (χ3n) is 5.23. The maximum atomic E-state index is 12.2. The van der Waals surface area contributed by atoms with Gasteiger partial charge in [-0.1, -0.05) is 11.6 Å². The molecule has 29 heavy (non-hydrogen) atoms. The topological polar surface area (TPSA) is 68.8 Å². The molecule has 1 aliphatic carbocycles. The average molecular weight is 410 g/mol. The molecule has 1 N–H and O–H groups in total. The summed E-state index contributed by atoms with van der Waals surface area (Å²) < 4.78 is 13.5. The van der Waals surface area contributed by atoms with Crippen molar-refractivity contribution >= 4 is 34.1 Å². The summed E-state index contributed by atoms with van der Waals surface area (Å²) in [5.74, 6) is 1.56. The Labute approximate surface area is 172 Å². The number of carbonyl (C=O) groups is 1. The van der Waals surface area contributed by atoms with E-state index in [9.17, 15) is 4.79 Å². The van der Waals surface area contributed by atoms with Gasteiger partial charge in [0, 0.05) is 29.8 Å². The van der Waals surface area contributed by atoms with Gasteiger partial charge >= 0.3 is 0 Å². The highest BCUT2D eigenvalue weighted by molar-refractivity contribution is 6.30. The van der Waals surface area contributed by atoms with Gasteiger partial charge in [-0.3, -0.25) is 4.79 Å². The van der Waals surface area contributed by atoms with E-state index in [4.69, 9.17) is 20.8 Å². The average Bonchev–Trinajstić information content (AvgIpc) is 3.30. The minimum Gasteiger partial charge on any atom is -0.484 e. The second-order valence-corrected chi connectivity index (χ2v) is 7.72. The van der Waals surface area contributed by atoms with Crippen LogP contribution >= 0.6 is 11.6 Å². The summed E-state index contributed by atoms with van der Waals surface area (Å²) >= 11 is 5.98. The van der Waals surface area contributed by atoms with E-state index in [-0.39, 0.29) is 12.5 Å². The number of nitrogens with one attached hydrogen (secondary N) is 1. The minimum absolute atomic E-state index is 0.0508. The van der Waals surface area contributed by atoms with Crippen molar-refractivity contribution in [2.45, 2.75) is 32.2 Å². The number of furan rings is 1. The number of hydrogen-bond donors (Lipinski definition) is 1. The Kier molecular flexibility index (Phi) is 4.64. The SMILES string of the molecule is O=C(COc1ccc2oc3c(c2c1)CCCC3)NCc1cn2cc(Cl)ccc2n1. The maximum Gasteiger partial charge on any atom is 0.258 e. The lowest BCUT2D eigenvalue weighted by atomic mass is 9.96. The first-order valence-corrected chi connectivity index (χ1v) is 10.1. The zero-order valence-electron chi connectivity index (χ0n) is 15.8. The minimum atomic E-state index is -0.200. The van der Waals surface area contributed by atoms with Crippen molar-refractivity contribution in [3.05, 3.63) is 64.8 Å². The predicted octanol–water partition coefficient (Wildman–Crippen LogP) is 4.31. The number of imidazole rings is 1. The van der Waals surface area contributed by atoms with Gasteiger partial charge in [0.05, 0.1) is 17.3 Å². The van der Waals surface area contributed by atoms with Crippen molar-refractivity contribution in [3.8, 4) is 5.75 Å². The van der Waals surface area contributed by atoms with Crippen LogP contribution in [0.1, 0.15) is 29.9 Å². The van der Waals surface area contributed by atoms with E-state index < -0.39 is 0 Å². The van der Waals surface area contributed by atoms with Crippen LogP contribution < -0.4 is 10.1 Å². The molecule has 7 heteroatoms. The number of aryl methyl sites for hydroxylation is 2. The number of ether oxygens (including phenoxy) is 1. The van der Waals surface area contributed by atoms with Gasteiger partial charge in [0.25, 0.3) is 5.91 Å². The number of hydrogen-bond acceptors (Lipinski definition) is 4. The molecule has 0 atom stereocenters. The summed E-state index contributed by atoms with van der Waals surface area (Å²) in [6, 6.07) is 9.36. The summed E-state index contributed by atoms with van der Waals surface area (Å²) in [7, 11) is 0. The molecular formula is C22H20ClN3O3. The summed E-state index contributed by atoms with van der Waals surface area (Å²) in [5, 5.41) is 4.57. The lowest BCUT2D eigenvalue weighted by Crippen LogP contribution is -2.28. The Morgan fingerprint density at radius 2 is 2.10 bits per heavy atom. The molecular weight excluding hydrogens is 390 g/mol. The predicted molar refractivity (Wildman–Crippen MR) is 110 cm³/mol. The largest absolute Gasteiger partial charge is 0.484 e. The van der Waals surface area contributed by atoms with Crippen molar-refractivity contribution in [2.75, 3.05) is 6.61 Å². The lowest BCUT2D eigenvalue weighted by molar-refractivity contribution is -0.123. The van der Waals surface area contributed by atoms with E-state index in [0.29, 0.717) is 17.3 Å². The number of fused-ring (bicyclic) bond motifs is 4. The van der Waals surface area contributed by atoms with Crippen molar-refractivity contribution in [1.82, 2.24) is 14.7 Å². The van der Waals surface area contributed by atoms with Crippen LogP contribution in [0.5, 0.6) is 5.75 Å². The second-order valence-electron chi connectivity index (χ2n) is 7.28. The molecule has 0 saturated heterocycles. The molecule has 1 amide bonds. The molecule has 0 fully saturated rings. The monoisotopic (exact) mass is 409 g/mol. The van der Waals surface area contributed by atoms with Crippen LogP contribution in [0.4, 0.5) is 0 Å². The molecule has 0 spiro atoms. The fourth-order valence-electron chi connectivity index (χ4n) is 3.82.